The fourth-order valence-corrected chi connectivity index (χ4v) is 3.56. The zero-order valence-corrected chi connectivity index (χ0v) is 11.8. The van der Waals surface area contributed by atoms with Gasteiger partial charge in [-0.15, -0.1) is 4.40 Å². The molecule has 0 saturated carbocycles. The topological polar surface area (TPSA) is 67.8 Å². The van der Waals surface area contributed by atoms with E-state index in [1.807, 2.05) is 13.8 Å². The number of amidine groups is 1. The second kappa shape index (κ2) is 5.19. The van der Waals surface area contributed by atoms with Gasteiger partial charge in [-0.1, -0.05) is 18.7 Å². The lowest BCUT2D eigenvalue weighted by Crippen LogP contribution is -2.19. The molecule has 18 heavy (non-hydrogen) atoms. The van der Waals surface area contributed by atoms with E-state index in [4.69, 9.17) is 4.74 Å². The van der Waals surface area contributed by atoms with E-state index in [0.717, 1.165) is 5.75 Å². The first-order valence-electron chi connectivity index (χ1n) is 5.58. The van der Waals surface area contributed by atoms with Crippen molar-refractivity contribution >= 4 is 32.6 Å². The van der Waals surface area contributed by atoms with Gasteiger partial charge >= 0.3 is 0 Å². The van der Waals surface area contributed by atoms with Crippen molar-refractivity contribution in [1.82, 2.24) is 0 Å². The van der Waals surface area contributed by atoms with Gasteiger partial charge in [0.2, 0.25) is 0 Å². The summed E-state index contributed by atoms with van der Waals surface area (Å²) in [6.45, 7) is 4.28. The summed E-state index contributed by atoms with van der Waals surface area (Å²) in [5.74, 6) is 1.29. The van der Waals surface area contributed by atoms with Gasteiger partial charge in [-0.25, -0.2) is 0 Å². The number of rotatable bonds is 3. The lowest BCUT2D eigenvalue weighted by molar-refractivity contribution is 0.339. The van der Waals surface area contributed by atoms with Crippen LogP contribution in [0.15, 0.2) is 27.5 Å². The molecule has 98 valence electrons. The molecule has 1 aliphatic rings. The molecule has 1 N–H and O–H groups in total. The Balaban J connectivity index is 2.43. The van der Waals surface area contributed by atoms with Gasteiger partial charge < -0.3 is 10.1 Å². The first-order valence-corrected chi connectivity index (χ1v) is 8.01. The summed E-state index contributed by atoms with van der Waals surface area (Å²) in [4.78, 5) is 0.161. The number of ether oxygens (including phenoxy) is 1. The van der Waals surface area contributed by atoms with Gasteiger partial charge in [0.1, 0.15) is 10.6 Å². The first-order chi connectivity index (χ1) is 8.56. The molecule has 0 aliphatic carbocycles. The fraction of sp³-hybridized carbons (Fsp3) is 0.364. The molecule has 0 saturated heterocycles. The number of thioether (sulfide) groups is 1. The van der Waals surface area contributed by atoms with Crippen LogP contribution >= 0.6 is 11.8 Å². The molecule has 0 spiro atoms. The van der Waals surface area contributed by atoms with Crippen LogP contribution in [0.25, 0.3) is 0 Å². The second-order valence-electron chi connectivity index (χ2n) is 3.52. The maximum atomic E-state index is 12.0. The molecular formula is C11H14N2O3S2. The molecule has 0 aromatic heterocycles. The van der Waals surface area contributed by atoms with Crippen LogP contribution in [0.2, 0.25) is 0 Å². The minimum absolute atomic E-state index is 0.161. The molecular weight excluding hydrogens is 272 g/mol. The first kappa shape index (κ1) is 13.2. The fourth-order valence-electron chi connectivity index (χ4n) is 1.57. The summed E-state index contributed by atoms with van der Waals surface area (Å²) in [7, 11) is -3.63. The molecule has 1 aromatic carbocycles. The third kappa shape index (κ3) is 2.62. The maximum Gasteiger partial charge on any atom is 0.286 e. The zero-order valence-electron chi connectivity index (χ0n) is 10.1. The van der Waals surface area contributed by atoms with Crippen molar-refractivity contribution in [2.24, 2.45) is 4.40 Å². The summed E-state index contributed by atoms with van der Waals surface area (Å²) < 4.78 is 33.1. The van der Waals surface area contributed by atoms with Crippen molar-refractivity contribution in [1.29, 1.82) is 0 Å². The molecule has 0 radical (unpaired) electrons. The van der Waals surface area contributed by atoms with Gasteiger partial charge in [0.05, 0.1) is 12.3 Å². The van der Waals surface area contributed by atoms with E-state index in [1.54, 1.807) is 12.1 Å². The Morgan fingerprint density at radius 1 is 1.39 bits per heavy atom. The summed E-state index contributed by atoms with van der Waals surface area (Å²) in [5, 5.41) is 3.41. The number of hydrogen-bond acceptors (Lipinski definition) is 5. The predicted molar refractivity (Wildman–Crippen MR) is 74.0 cm³/mol. The Morgan fingerprint density at radius 3 is 2.83 bits per heavy atom. The van der Waals surface area contributed by atoms with Crippen LogP contribution in [-0.2, 0) is 10.0 Å². The quantitative estimate of drug-likeness (QED) is 0.923. The number of fused-ring (bicyclic) bond motifs is 1. The van der Waals surface area contributed by atoms with E-state index in [9.17, 15) is 8.42 Å². The number of nitrogens with zero attached hydrogens (tertiary/aromatic N) is 1. The van der Waals surface area contributed by atoms with Gasteiger partial charge in [-0.2, -0.15) is 8.42 Å². The number of hydrogen-bond donors (Lipinski definition) is 1. The lowest BCUT2D eigenvalue weighted by Gasteiger charge is -2.18. The highest BCUT2D eigenvalue weighted by Crippen LogP contribution is 2.32. The highest BCUT2D eigenvalue weighted by Gasteiger charge is 2.25. The normalized spacial score (nSPS) is 16.4. The summed E-state index contributed by atoms with van der Waals surface area (Å²) >= 11 is 1.36. The average molecular weight is 286 g/mol. The molecule has 1 aliphatic heterocycles. The lowest BCUT2D eigenvalue weighted by atomic mass is 10.3. The van der Waals surface area contributed by atoms with E-state index in [1.165, 1.54) is 17.8 Å². The van der Waals surface area contributed by atoms with E-state index >= 15 is 0 Å². The molecule has 0 bridgehead atoms. The van der Waals surface area contributed by atoms with Crippen LogP contribution in [0.1, 0.15) is 13.8 Å². The van der Waals surface area contributed by atoms with E-state index in [0.29, 0.717) is 23.2 Å². The number of nitrogens with one attached hydrogen (secondary N) is 1. The molecule has 2 rings (SSSR count). The minimum atomic E-state index is -3.63. The Bertz CT molecular complexity index is 582. The third-order valence-corrected chi connectivity index (χ3v) is 4.46. The highest BCUT2D eigenvalue weighted by molar-refractivity contribution is 8.14. The van der Waals surface area contributed by atoms with Gasteiger partial charge in [0.25, 0.3) is 10.0 Å². The predicted octanol–water partition coefficient (Wildman–Crippen LogP) is 2.31. The standard InChI is InChI=1S/C11H14N2O3S2/c1-3-16-8-5-6-9-10(7-8)18(14,15)13-11(12-9)17-4-2/h5-7H,3-4H2,1-2H3,(H,12,13). The van der Waals surface area contributed by atoms with Gasteiger partial charge in [0.15, 0.2) is 5.17 Å². The smallest absolute Gasteiger partial charge is 0.286 e. The largest absolute Gasteiger partial charge is 0.494 e. The van der Waals surface area contributed by atoms with E-state index < -0.39 is 10.0 Å². The Morgan fingerprint density at radius 2 is 2.17 bits per heavy atom. The molecule has 1 heterocycles. The molecule has 0 fully saturated rings. The van der Waals surface area contributed by atoms with Crippen molar-refractivity contribution in [3.8, 4) is 5.75 Å². The number of anilines is 1. The van der Waals surface area contributed by atoms with Crippen molar-refractivity contribution in [2.45, 2.75) is 18.7 Å². The van der Waals surface area contributed by atoms with Gasteiger partial charge in [0, 0.05) is 6.07 Å². The molecule has 0 amide bonds. The maximum absolute atomic E-state index is 12.0. The van der Waals surface area contributed by atoms with Crippen molar-refractivity contribution in [3.05, 3.63) is 18.2 Å². The van der Waals surface area contributed by atoms with Crippen LogP contribution in [-0.4, -0.2) is 25.9 Å². The monoisotopic (exact) mass is 286 g/mol. The molecule has 0 unspecified atom stereocenters. The van der Waals surface area contributed by atoms with Gasteiger partial charge in [-0.3, -0.25) is 0 Å². The Labute approximate surface area is 111 Å². The van der Waals surface area contributed by atoms with Crippen LogP contribution in [0.3, 0.4) is 0 Å². The summed E-state index contributed by atoms with van der Waals surface area (Å²) in [6, 6.07) is 4.94. The summed E-state index contributed by atoms with van der Waals surface area (Å²) in [5.41, 5.74) is 0.546. The van der Waals surface area contributed by atoms with E-state index in [-0.39, 0.29) is 4.90 Å². The number of sulfonamides is 1. The summed E-state index contributed by atoms with van der Waals surface area (Å²) in [6.07, 6.45) is 0. The Hall–Kier alpha value is -1.21. The average Bonchev–Trinajstić information content (AvgIpc) is 2.30. The highest BCUT2D eigenvalue weighted by atomic mass is 32.2. The van der Waals surface area contributed by atoms with Crippen LogP contribution in [0.5, 0.6) is 5.75 Å². The van der Waals surface area contributed by atoms with Crippen molar-refractivity contribution in [2.75, 3.05) is 17.7 Å². The molecule has 7 heteroatoms. The second-order valence-corrected chi connectivity index (χ2v) is 6.35. The molecule has 1 aromatic rings. The molecule has 5 nitrogen and oxygen atoms in total. The third-order valence-electron chi connectivity index (χ3n) is 2.27. The van der Waals surface area contributed by atoms with Crippen LogP contribution in [0.4, 0.5) is 5.69 Å². The van der Waals surface area contributed by atoms with Crippen molar-refractivity contribution in [3.63, 3.8) is 0 Å². The van der Waals surface area contributed by atoms with Crippen LogP contribution in [0, 0.1) is 0 Å². The minimum Gasteiger partial charge on any atom is -0.494 e. The zero-order chi connectivity index (χ0) is 13.2. The SMILES string of the molecule is CCOc1ccc2c(c1)S(=O)(=O)N=C(SCC)N2. The number of benzene rings is 1. The van der Waals surface area contributed by atoms with Crippen molar-refractivity contribution < 1.29 is 13.2 Å². The van der Waals surface area contributed by atoms with Crippen LogP contribution < -0.4 is 10.1 Å². The molecule has 0 atom stereocenters. The van der Waals surface area contributed by atoms with E-state index in [2.05, 4.69) is 9.71 Å². The van der Waals surface area contributed by atoms with Gasteiger partial charge in [-0.05, 0) is 24.8 Å². The Kier molecular flexibility index (Phi) is 3.82.